The quantitative estimate of drug-likeness (QED) is 0.174. The molecule has 3 heterocycles. The highest BCUT2D eigenvalue weighted by molar-refractivity contribution is 6.10. The van der Waals surface area contributed by atoms with Crippen LogP contribution in [-0.4, -0.2) is 19.3 Å². The van der Waals surface area contributed by atoms with Gasteiger partial charge in [0.2, 0.25) is 0 Å². The Kier molecular flexibility index (Phi) is 7.60. The van der Waals surface area contributed by atoms with Crippen molar-refractivity contribution in [2.45, 2.75) is 40.5 Å². The molecule has 0 spiro atoms. The van der Waals surface area contributed by atoms with Crippen molar-refractivity contribution in [3.05, 3.63) is 156 Å². The van der Waals surface area contributed by atoms with Crippen molar-refractivity contribution >= 4 is 21.8 Å². The molecular weight excluding hydrogens is 601 g/mol. The first-order valence-electron chi connectivity index (χ1n) is 16.9. The summed E-state index contributed by atoms with van der Waals surface area (Å²) in [6.45, 7) is 10.7. The first kappa shape index (κ1) is 30.4. The van der Waals surface area contributed by atoms with Crippen LogP contribution in [0.5, 0.6) is 11.5 Å². The second-order valence-electron chi connectivity index (χ2n) is 13.1. The Hall–Kier alpha value is -5.94. The maximum atomic E-state index is 6.73. The molecular formula is C44H38N4O. The van der Waals surface area contributed by atoms with E-state index in [0.717, 1.165) is 61.9 Å². The van der Waals surface area contributed by atoms with E-state index in [0.29, 0.717) is 5.92 Å². The second-order valence-corrected chi connectivity index (χ2v) is 13.1. The Morgan fingerprint density at radius 3 is 2.10 bits per heavy atom. The summed E-state index contributed by atoms with van der Waals surface area (Å²) in [6.07, 6.45) is 1.88. The maximum absolute atomic E-state index is 6.73. The summed E-state index contributed by atoms with van der Waals surface area (Å²) in [6, 6.07) is 44.7. The van der Waals surface area contributed by atoms with E-state index in [4.69, 9.17) is 14.8 Å². The van der Waals surface area contributed by atoms with Crippen LogP contribution in [0.15, 0.2) is 134 Å². The third kappa shape index (κ3) is 5.57. The van der Waals surface area contributed by atoms with Crippen molar-refractivity contribution in [3.63, 3.8) is 0 Å². The standard InChI is InChI=1S/C44H38N4O/c1-28(2)35-23-36(48-31(5)44(30(4)46-48)33-14-10-7-11-15-33)26-38(24-35)49-37-17-18-39-40-25-34(32-12-8-6-9-13-32)16-19-41(40)47(42(39)27-37)43-22-29(3)20-21-45-43/h6-28H,1-5H3. The first-order chi connectivity index (χ1) is 23.8. The van der Waals surface area contributed by atoms with E-state index in [1.807, 2.05) is 23.0 Å². The third-order valence-electron chi connectivity index (χ3n) is 9.39. The zero-order chi connectivity index (χ0) is 33.6. The number of nitrogens with zero attached hydrogens (tertiary/aromatic N) is 4. The lowest BCUT2D eigenvalue weighted by Gasteiger charge is -2.15. The summed E-state index contributed by atoms with van der Waals surface area (Å²) in [7, 11) is 0. The van der Waals surface area contributed by atoms with E-state index in [-0.39, 0.29) is 0 Å². The maximum Gasteiger partial charge on any atom is 0.137 e. The van der Waals surface area contributed by atoms with Crippen LogP contribution in [0.3, 0.4) is 0 Å². The molecule has 49 heavy (non-hydrogen) atoms. The van der Waals surface area contributed by atoms with Crippen molar-refractivity contribution in [1.29, 1.82) is 0 Å². The molecule has 5 heteroatoms. The van der Waals surface area contributed by atoms with Gasteiger partial charge >= 0.3 is 0 Å². The van der Waals surface area contributed by atoms with Crippen LogP contribution in [-0.2, 0) is 0 Å². The van der Waals surface area contributed by atoms with Crippen LogP contribution in [0.4, 0.5) is 0 Å². The Bertz CT molecular complexity index is 2470. The van der Waals surface area contributed by atoms with Crippen molar-refractivity contribution in [1.82, 2.24) is 19.3 Å². The SMILES string of the molecule is Cc1ccnc(-n2c3ccc(-c4ccccc4)cc3c3ccc(Oc4cc(C(C)C)cc(-n5nc(C)c(-c6ccccc6)c5C)c4)cc32)c1. The van der Waals surface area contributed by atoms with E-state index < -0.39 is 0 Å². The molecule has 0 radical (unpaired) electrons. The molecule has 0 unspecified atom stereocenters. The number of ether oxygens (including phenoxy) is 1. The average Bonchev–Trinajstić information content (AvgIpc) is 3.60. The summed E-state index contributed by atoms with van der Waals surface area (Å²) in [5, 5.41) is 7.33. The number of benzene rings is 5. The fraction of sp³-hybridized carbons (Fsp3) is 0.136. The van der Waals surface area contributed by atoms with Crippen LogP contribution < -0.4 is 4.74 Å². The topological polar surface area (TPSA) is 44.9 Å². The zero-order valence-corrected chi connectivity index (χ0v) is 28.5. The van der Waals surface area contributed by atoms with E-state index in [1.165, 1.54) is 27.6 Å². The van der Waals surface area contributed by atoms with Crippen LogP contribution in [0.1, 0.15) is 42.3 Å². The van der Waals surface area contributed by atoms with E-state index in [1.54, 1.807) is 0 Å². The first-order valence-corrected chi connectivity index (χ1v) is 16.9. The number of hydrogen-bond donors (Lipinski definition) is 0. The van der Waals surface area contributed by atoms with Crippen molar-refractivity contribution in [2.75, 3.05) is 0 Å². The molecule has 0 N–H and O–H groups in total. The van der Waals surface area contributed by atoms with Crippen LogP contribution in [0.25, 0.3) is 55.6 Å². The fourth-order valence-electron chi connectivity index (χ4n) is 6.94. The van der Waals surface area contributed by atoms with Gasteiger partial charge in [-0.15, -0.1) is 0 Å². The summed E-state index contributed by atoms with van der Waals surface area (Å²) in [5.41, 5.74) is 12.3. The van der Waals surface area contributed by atoms with Gasteiger partial charge in [0, 0.05) is 40.4 Å². The highest BCUT2D eigenvalue weighted by Gasteiger charge is 2.18. The lowest BCUT2D eigenvalue weighted by atomic mass is 10.0. The smallest absolute Gasteiger partial charge is 0.137 e. The molecule has 8 aromatic rings. The number of rotatable bonds is 7. The van der Waals surface area contributed by atoms with E-state index >= 15 is 0 Å². The Balaban J connectivity index is 1.25. The minimum atomic E-state index is 0.309. The molecule has 0 bridgehead atoms. The summed E-state index contributed by atoms with van der Waals surface area (Å²) in [5.74, 6) is 2.73. The molecule has 0 fully saturated rings. The number of hydrogen-bond acceptors (Lipinski definition) is 3. The van der Waals surface area contributed by atoms with Crippen LogP contribution in [0, 0.1) is 20.8 Å². The minimum Gasteiger partial charge on any atom is -0.457 e. The van der Waals surface area contributed by atoms with Crippen LogP contribution >= 0.6 is 0 Å². The second kappa shape index (κ2) is 12.3. The average molecular weight is 639 g/mol. The lowest BCUT2D eigenvalue weighted by molar-refractivity contribution is 0.481. The molecule has 0 aliphatic heterocycles. The third-order valence-corrected chi connectivity index (χ3v) is 9.39. The van der Waals surface area contributed by atoms with Gasteiger partial charge in [-0.05, 0) is 103 Å². The fourth-order valence-corrected chi connectivity index (χ4v) is 6.94. The highest BCUT2D eigenvalue weighted by Crippen LogP contribution is 2.38. The normalized spacial score (nSPS) is 11.6. The Morgan fingerprint density at radius 2 is 1.37 bits per heavy atom. The monoisotopic (exact) mass is 638 g/mol. The van der Waals surface area contributed by atoms with E-state index in [9.17, 15) is 0 Å². The molecule has 0 amide bonds. The number of pyridine rings is 1. The molecule has 0 atom stereocenters. The predicted molar refractivity (Wildman–Crippen MR) is 201 cm³/mol. The van der Waals surface area contributed by atoms with Gasteiger partial charge < -0.3 is 4.74 Å². The molecule has 0 aliphatic rings. The predicted octanol–water partition coefficient (Wildman–Crippen LogP) is 11.5. The van der Waals surface area contributed by atoms with Gasteiger partial charge in [0.25, 0.3) is 0 Å². The summed E-state index contributed by atoms with van der Waals surface area (Å²) < 4.78 is 11.0. The minimum absolute atomic E-state index is 0.309. The van der Waals surface area contributed by atoms with Gasteiger partial charge in [-0.3, -0.25) is 4.57 Å². The Labute approximate surface area is 287 Å². The van der Waals surface area contributed by atoms with Gasteiger partial charge in [-0.2, -0.15) is 5.10 Å². The van der Waals surface area contributed by atoms with Gasteiger partial charge in [-0.1, -0.05) is 80.6 Å². The zero-order valence-electron chi connectivity index (χ0n) is 28.5. The Morgan fingerprint density at radius 1 is 0.612 bits per heavy atom. The highest BCUT2D eigenvalue weighted by atomic mass is 16.5. The van der Waals surface area contributed by atoms with Crippen LogP contribution in [0.2, 0.25) is 0 Å². The number of fused-ring (bicyclic) bond motifs is 3. The molecule has 0 saturated heterocycles. The number of aromatic nitrogens is 4. The van der Waals surface area contributed by atoms with Gasteiger partial charge in [0.15, 0.2) is 0 Å². The summed E-state index contributed by atoms with van der Waals surface area (Å²) >= 11 is 0. The molecule has 0 saturated carbocycles. The molecule has 0 aliphatic carbocycles. The summed E-state index contributed by atoms with van der Waals surface area (Å²) in [4.78, 5) is 4.80. The molecule has 8 rings (SSSR count). The van der Waals surface area contributed by atoms with Gasteiger partial charge in [-0.25, -0.2) is 9.67 Å². The van der Waals surface area contributed by atoms with Crippen molar-refractivity contribution in [2.24, 2.45) is 0 Å². The van der Waals surface area contributed by atoms with Crippen molar-refractivity contribution in [3.8, 4) is 45.3 Å². The van der Waals surface area contributed by atoms with Crippen molar-refractivity contribution < 1.29 is 4.74 Å². The van der Waals surface area contributed by atoms with Gasteiger partial charge in [0.1, 0.15) is 17.3 Å². The lowest BCUT2D eigenvalue weighted by Crippen LogP contribution is -2.02. The largest absolute Gasteiger partial charge is 0.457 e. The number of aryl methyl sites for hydroxylation is 2. The van der Waals surface area contributed by atoms with E-state index in [2.05, 4.69) is 154 Å². The van der Waals surface area contributed by atoms with Gasteiger partial charge in [0.05, 0.1) is 22.4 Å². The molecule has 240 valence electrons. The molecule has 5 nitrogen and oxygen atoms in total. The molecule has 3 aromatic heterocycles. The molecule has 5 aromatic carbocycles.